The number of carboxylic acids is 1. The van der Waals surface area contributed by atoms with Crippen molar-refractivity contribution in [3.63, 3.8) is 0 Å². The highest BCUT2D eigenvalue weighted by atomic mass is 79.9. The molecule has 0 saturated carbocycles. The number of aryl methyl sites for hydroxylation is 3. The molecule has 1 atom stereocenters. The van der Waals surface area contributed by atoms with Crippen LogP contribution < -0.4 is 0 Å². The fourth-order valence-electron chi connectivity index (χ4n) is 2.42. The van der Waals surface area contributed by atoms with Gasteiger partial charge in [-0.15, -0.1) is 0 Å². The molecule has 0 saturated heterocycles. The molecule has 3 nitrogen and oxygen atoms in total. The minimum atomic E-state index is -0.823. The van der Waals surface area contributed by atoms with Gasteiger partial charge in [-0.05, 0) is 54.9 Å². The van der Waals surface area contributed by atoms with E-state index in [4.69, 9.17) is 5.11 Å². The lowest BCUT2D eigenvalue weighted by Crippen LogP contribution is -2.15. The second-order valence-electron chi connectivity index (χ2n) is 5.69. The molecule has 1 N–H and O–H groups in total. The highest BCUT2D eigenvalue weighted by Gasteiger charge is 2.13. The summed E-state index contributed by atoms with van der Waals surface area (Å²) in [5, 5.41) is 8.90. The van der Waals surface area contributed by atoms with E-state index < -0.39 is 10.8 Å². The topological polar surface area (TPSA) is 50.2 Å². The Labute approximate surface area is 145 Å². The first kappa shape index (κ1) is 17.7. The summed E-state index contributed by atoms with van der Waals surface area (Å²) in [6.07, 6.45) is 6.54. The molecular formula is C19H22BrNO2. The Morgan fingerprint density at radius 3 is 2.30 bits per heavy atom. The van der Waals surface area contributed by atoms with Crippen molar-refractivity contribution in [3.8, 4) is 0 Å². The zero-order valence-corrected chi connectivity index (χ0v) is 14.9. The zero-order chi connectivity index (χ0) is 16.7. The first-order valence-corrected chi connectivity index (χ1v) is 8.88. The van der Waals surface area contributed by atoms with Crippen LogP contribution in [-0.4, -0.2) is 20.9 Å². The van der Waals surface area contributed by atoms with Crippen LogP contribution in [0.5, 0.6) is 0 Å². The molecule has 1 aromatic carbocycles. The van der Waals surface area contributed by atoms with Gasteiger partial charge < -0.3 is 5.11 Å². The molecule has 2 rings (SSSR count). The van der Waals surface area contributed by atoms with Crippen molar-refractivity contribution in [3.05, 3.63) is 65.0 Å². The van der Waals surface area contributed by atoms with Gasteiger partial charge in [-0.25, -0.2) is 0 Å². The number of pyridine rings is 1. The number of alkyl halides is 1. The van der Waals surface area contributed by atoms with Gasteiger partial charge in [0.15, 0.2) is 0 Å². The Kier molecular flexibility index (Phi) is 6.78. The van der Waals surface area contributed by atoms with Gasteiger partial charge in [-0.1, -0.05) is 53.2 Å². The third-order valence-electron chi connectivity index (χ3n) is 3.90. The Balaban J connectivity index is 1.80. The SMILES string of the molecule is CCc1ccc(CCCc2ccc(CC(Br)C(=O)O)cc2)nc1. The van der Waals surface area contributed by atoms with Crippen LogP contribution in [0.3, 0.4) is 0 Å². The van der Waals surface area contributed by atoms with Gasteiger partial charge in [0.05, 0.1) is 0 Å². The largest absolute Gasteiger partial charge is 0.480 e. The molecule has 0 aliphatic rings. The lowest BCUT2D eigenvalue weighted by molar-refractivity contribution is -0.136. The van der Waals surface area contributed by atoms with Crippen molar-refractivity contribution in [1.82, 2.24) is 4.98 Å². The lowest BCUT2D eigenvalue weighted by Gasteiger charge is -2.07. The predicted molar refractivity (Wildman–Crippen MR) is 96.1 cm³/mol. The normalized spacial score (nSPS) is 12.1. The first-order chi connectivity index (χ1) is 11.1. The molecule has 0 bridgehead atoms. The van der Waals surface area contributed by atoms with Crippen molar-refractivity contribution in [2.24, 2.45) is 0 Å². The maximum absolute atomic E-state index is 10.8. The number of aliphatic carboxylic acids is 1. The van der Waals surface area contributed by atoms with Gasteiger partial charge in [-0.3, -0.25) is 9.78 Å². The van der Waals surface area contributed by atoms with Crippen LogP contribution in [0.2, 0.25) is 0 Å². The second-order valence-corrected chi connectivity index (χ2v) is 6.80. The van der Waals surface area contributed by atoms with Crippen LogP contribution in [0.4, 0.5) is 0 Å². The minimum Gasteiger partial charge on any atom is -0.480 e. The molecule has 0 fully saturated rings. The molecular weight excluding hydrogens is 354 g/mol. The van der Waals surface area contributed by atoms with E-state index in [0.717, 1.165) is 36.9 Å². The van der Waals surface area contributed by atoms with Gasteiger partial charge in [-0.2, -0.15) is 0 Å². The molecule has 4 heteroatoms. The molecule has 2 aromatic rings. The smallest absolute Gasteiger partial charge is 0.317 e. The minimum absolute atomic E-state index is 0.503. The summed E-state index contributed by atoms with van der Waals surface area (Å²) in [5.41, 5.74) is 4.73. The standard InChI is InChI=1S/C19H22BrNO2/c1-2-14-10-11-17(21-13-14)5-3-4-15-6-8-16(9-7-15)12-18(20)19(22)23/h6-11,13,18H,2-5,12H2,1H3,(H,22,23). The Morgan fingerprint density at radius 1 is 1.09 bits per heavy atom. The first-order valence-electron chi connectivity index (χ1n) is 7.97. The summed E-state index contributed by atoms with van der Waals surface area (Å²) in [6, 6.07) is 12.5. The maximum atomic E-state index is 10.8. The monoisotopic (exact) mass is 375 g/mol. The van der Waals surface area contributed by atoms with Crippen LogP contribution >= 0.6 is 15.9 Å². The van der Waals surface area contributed by atoms with Gasteiger partial charge in [0, 0.05) is 11.9 Å². The highest BCUT2D eigenvalue weighted by molar-refractivity contribution is 9.10. The van der Waals surface area contributed by atoms with Crippen LogP contribution in [0.1, 0.15) is 35.7 Å². The molecule has 0 aliphatic heterocycles. The quantitative estimate of drug-likeness (QED) is 0.703. The maximum Gasteiger partial charge on any atom is 0.317 e. The average Bonchev–Trinajstić information content (AvgIpc) is 2.57. The molecule has 0 spiro atoms. The molecule has 0 aliphatic carbocycles. The van der Waals surface area contributed by atoms with Crippen molar-refractivity contribution in [2.75, 3.05) is 0 Å². The molecule has 0 radical (unpaired) electrons. The fraction of sp³-hybridized carbons (Fsp3) is 0.368. The van der Waals surface area contributed by atoms with E-state index in [0.29, 0.717) is 6.42 Å². The number of carbonyl (C=O) groups is 1. The lowest BCUT2D eigenvalue weighted by atomic mass is 10.0. The summed E-state index contributed by atoms with van der Waals surface area (Å²) in [7, 11) is 0. The van der Waals surface area contributed by atoms with E-state index in [2.05, 4.69) is 52.1 Å². The van der Waals surface area contributed by atoms with Gasteiger partial charge in [0.25, 0.3) is 0 Å². The number of halogens is 1. The second kappa shape index (κ2) is 8.82. The Hall–Kier alpha value is -1.68. The van der Waals surface area contributed by atoms with Crippen LogP contribution in [0.25, 0.3) is 0 Å². The van der Waals surface area contributed by atoms with Crippen LogP contribution in [0.15, 0.2) is 42.6 Å². The number of hydrogen-bond acceptors (Lipinski definition) is 2. The van der Waals surface area contributed by atoms with Crippen molar-refractivity contribution >= 4 is 21.9 Å². The summed E-state index contributed by atoms with van der Waals surface area (Å²) in [5.74, 6) is -0.823. The fourth-order valence-corrected chi connectivity index (χ4v) is 2.80. The van der Waals surface area contributed by atoms with E-state index >= 15 is 0 Å². The number of carboxylic acid groups (broad SMARTS) is 1. The molecule has 0 amide bonds. The summed E-state index contributed by atoms with van der Waals surface area (Å²) in [6.45, 7) is 2.13. The molecule has 1 aromatic heterocycles. The van der Waals surface area contributed by atoms with Crippen LogP contribution in [-0.2, 0) is 30.5 Å². The van der Waals surface area contributed by atoms with Gasteiger partial charge >= 0.3 is 5.97 Å². The van der Waals surface area contributed by atoms with Crippen LogP contribution in [0, 0.1) is 0 Å². The third-order valence-corrected chi connectivity index (χ3v) is 4.61. The summed E-state index contributed by atoms with van der Waals surface area (Å²) < 4.78 is 0. The van der Waals surface area contributed by atoms with Crippen molar-refractivity contribution in [1.29, 1.82) is 0 Å². The van der Waals surface area contributed by atoms with Gasteiger partial charge in [0.1, 0.15) is 4.83 Å². The third kappa shape index (κ3) is 5.79. The summed E-state index contributed by atoms with van der Waals surface area (Å²) in [4.78, 5) is 14.8. The Bertz CT molecular complexity index is 623. The van der Waals surface area contributed by atoms with E-state index in [9.17, 15) is 4.79 Å². The van der Waals surface area contributed by atoms with E-state index in [1.54, 1.807) is 0 Å². The molecule has 122 valence electrons. The average molecular weight is 376 g/mol. The van der Waals surface area contributed by atoms with E-state index in [1.165, 1.54) is 11.1 Å². The molecule has 23 heavy (non-hydrogen) atoms. The predicted octanol–water partition coefficient (Wildman–Crippen LogP) is 4.21. The highest BCUT2D eigenvalue weighted by Crippen LogP contribution is 2.13. The van der Waals surface area contributed by atoms with Crippen molar-refractivity contribution in [2.45, 2.75) is 43.9 Å². The number of aromatic nitrogens is 1. The number of hydrogen-bond donors (Lipinski definition) is 1. The number of nitrogens with zero attached hydrogens (tertiary/aromatic N) is 1. The zero-order valence-electron chi connectivity index (χ0n) is 13.3. The molecule has 1 heterocycles. The number of rotatable bonds is 8. The van der Waals surface area contributed by atoms with Crippen molar-refractivity contribution < 1.29 is 9.90 Å². The number of benzene rings is 1. The summed E-state index contributed by atoms with van der Waals surface area (Å²) >= 11 is 3.17. The molecule has 1 unspecified atom stereocenters. The van der Waals surface area contributed by atoms with E-state index in [1.807, 2.05) is 18.3 Å². The van der Waals surface area contributed by atoms with Gasteiger partial charge in [0.2, 0.25) is 0 Å². The van der Waals surface area contributed by atoms with E-state index in [-0.39, 0.29) is 0 Å². The Morgan fingerprint density at radius 2 is 1.74 bits per heavy atom.